The number of piperidine rings is 1. The summed E-state index contributed by atoms with van der Waals surface area (Å²) in [4.78, 5) is 24.9. The highest BCUT2D eigenvalue weighted by Crippen LogP contribution is 2.33. The fourth-order valence-electron chi connectivity index (χ4n) is 5.26. The lowest BCUT2D eigenvalue weighted by molar-refractivity contribution is -0.137. The first kappa shape index (κ1) is 27.8. The molecule has 0 aliphatic carbocycles. The Morgan fingerprint density at radius 3 is 2.38 bits per heavy atom. The van der Waals surface area contributed by atoms with E-state index in [1.165, 1.54) is 23.8 Å². The van der Waals surface area contributed by atoms with Gasteiger partial charge in [0.2, 0.25) is 5.95 Å². The Morgan fingerprint density at radius 2 is 1.73 bits per heavy atom. The number of hydrogen-bond donors (Lipinski definition) is 1. The molecule has 0 spiro atoms. The van der Waals surface area contributed by atoms with E-state index in [1.54, 1.807) is 10.8 Å². The molecular weight excluding hydrogens is 515 g/mol. The number of hydrogen-bond acceptors (Lipinski definition) is 5. The molecular formula is C31H34F3N5O. The zero-order chi connectivity index (χ0) is 28.3. The SMILES string of the molecule is CC(C)Cn1c(=O)cc(-c2ccc(C(F)(F)F)cc2)c2cnc(N3CCC(NCCc4ccccc4)CC3)nc21. The van der Waals surface area contributed by atoms with Crippen LogP contribution in [-0.4, -0.2) is 40.2 Å². The molecule has 210 valence electrons. The smallest absolute Gasteiger partial charge is 0.341 e. The van der Waals surface area contributed by atoms with Gasteiger partial charge in [0.05, 0.1) is 5.56 Å². The van der Waals surface area contributed by atoms with Crippen LogP contribution in [-0.2, 0) is 19.1 Å². The maximum atomic E-state index is 13.2. The summed E-state index contributed by atoms with van der Waals surface area (Å²) in [5.41, 5.74) is 1.91. The summed E-state index contributed by atoms with van der Waals surface area (Å²) in [6, 6.07) is 17.2. The second kappa shape index (κ2) is 11.8. The molecule has 4 aromatic rings. The van der Waals surface area contributed by atoms with Crippen LogP contribution in [0.1, 0.15) is 37.8 Å². The molecule has 1 aliphatic heterocycles. The van der Waals surface area contributed by atoms with Gasteiger partial charge in [-0.15, -0.1) is 0 Å². The third-order valence-electron chi connectivity index (χ3n) is 7.37. The van der Waals surface area contributed by atoms with Gasteiger partial charge in [-0.25, -0.2) is 4.98 Å². The number of aromatic nitrogens is 3. The maximum Gasteiger partial charge on any atom is 0.416 e. The summed E-state index contributed by atoms with van der Waals surface area (Å²) in [6.07, 6.45) is 0.180. The number of fused-ring (bicyclic) bond motifs is 1. The van der Waals surface area contributed by atoms with Crippen LogP contribution in [0, 0.1) is 5.92 Å². The molecule has 0 unspecified atom stereocenters. The zero-order valence-corrected chi connectivity index (χ0v) is 22.8. The predicted octanol–water partition coefficient (Wildman–Crippen LogP) is 5.93. The summed E-state index contributed by atoms with van der Waals surface area (Å²) in [5, 5.41) is 4.31. The molecule has 1 aliphatic rings. The van der Waals surface area contributed by atoms with Crippen LogP contribution in [0.25, 0.3) is 22.2 Å². The molecule has 2 aromatic heterocycles. The van der Waals surface area contributed by atoms with E-state index in [-0.39, 0.29) is 11.5 Å². The van der Waals surface area contributed by atoms with Crippen molar-refractivity contribution in [2.24, 2.45) is 5.92 Å². The average Bonchev–Trinajstić information content (AvgIpc) is 2.94. The molecule has 1 fully saturated rings. The second-order valence-electron chi connectivity index (χ2n) is 10.8. The van der Waals surface area contributed by atoms with Crippen molar-refractivity contribution in [3.8, 4) is 11.1 Å². The minimum atomic E-state index is -4.43. The normalized spacial score (nSPS) is 14.8. The molecule has 9 heteroatoms. The van der Waals surface area contributed by atoms with Gasteiger partial charge in [0.15, 0.2) is 0 Å². The lowest BCUT2D eigenvalue weighted by Crippen LogP contribution is -2.43. The minimum absolute atomic E-state index is 0.203. The van der Waals surface area contributed by atoms with Gasteiger partial charge in [0, 0.05) is 43.3 Å². The van der Waals surface area contributed by atoms with Crippen molar-refractivity contribution in [2.75, 3.05) is 24.5 Å². The Morgan fingerprint density at radius 1 is 1.02 bits per heavy atom. The van der Waals surface area contributed by atoms with Crippen molar-refractivity contribution < 1.29 is 13.2 Å². The number of pyridine rings is 1. The fourth-order valence-corrected chi connectivity index (χ4v) is 5.26. The summed E-state index contributed by atoms with van der Waals surface area (Å²) in [5.74, 6) is 0.769. The number of rotatable bonds is 8. The second-order valence-corrected chi connectivity index (χ2v) is 10.8. The molecule has 3 heterocycles. The zero-order valence-electron chi connectivity index (χ0n) is 22.8. The number of nitrogens with one attached hydrogen (secondary N) is 1. The number of nitrogens with zero attached hydrogens (tertiary/aromatic N) is 4. The highest BCUT2D eigenvalue weighted by molar-refractivity contribution is 5.92. The minimum Gasteiger partial charge on any atom is -0.341 e. The Labute approximate surface area is 231 Å². The van der Waals surface area contributed by atoms with Crippen molar-refractivity contribution in [1.82, 2.24) is 19.9 Å². The summed E-state index contributed by atoms with van der Waals surface area (Å²) in [7, 11) is 0. The van der Waals surface area contributed by atoms with E-state index in [0.29, 0.717) is 40.7 Å². The standard InChI is InChI=1S/C31H34F3N5O/c1-21(2)20-39-28(40)18-26(23-8-10-24(11-9-23)31(32,33)34)27-19-36-30(37-29(27)39)38-16-13-25(14-17-38)35-15-12-22-6-4-3-5-7-22/h3-11,18-19,21,25,35H,12-17,20H2,1-2H3. The third kappa shape index (κ3) is 6.36. The van der Waals surface area contributed by atoms with Gasteiger partial charge in [-0.1, -0.05) is 56.3 Å². The Bertz CT molecular complexity index is 1490. The molecule has 1 N–H and O–H groups in total. The van der Waals surface area contributed by atoms with Crippen LogP contribution in [0.5, 0.6) is 0 Å². The van der Waals surface area contributed by atoms with Crippen molar-refractivity contribution in [3.05, 3.63) is 88.3 Å². The molecule has 0 radical (unpaired) electrons. The topological polar surface area (TPSA) is 63.1 Å². The Kier molecular flexibility index (Phi) is 8.21. The van der Waals surface area contributed by atoms with E-state index >= 15 is 0 Å². The fraction of sp³-hybridized carbons (Fsp3) is 0.387. The molecule has 1 saturated heterocycles. The van der Waals surface area contributed by atoms with Gasteiger partial charge in [0.25, 0.3) is 5.56 Å². The van der Waals surface area contributed by atoms with E-state index in [4.69, 9.17) is 4.98 Å². The number of benzene rings is 2. The van der Waals surface area contributed by atoms with Crippen molar-refractivity contribution in [2.45, 2.75) is 51.9 Å². The molecule has 2 aromatic carbocycles. The van der Waals surface area contributed by atoms with Crippen molar-refractivity contribution in [1.29, 1.82) is 0 Å². The highest BCUT2D eigenvalue weighted by atomic mass is 19.4. The lowest BCUT2D eigenvalue weighted by Gasteiger charge is -2.32. The van der Waals surface area contributed by atoms with Crippen molar-refractivity contribution >= 4 is 17.0 Å². The molecule has 5 rings (SSSR count). The van der Waals surface area contributed by atoms with Gasteiger partial charge < -0.3 is 10.2 Å². The van der Waals surface area contributed by atoms with Crippen LogP contribution in [0.3, 0.4) is 0 Å². The van der Waals surface area contributed by atoms with Crippen LogP contribution in [0.2, 0.25) is 0 Å². The van der Waals surface area contributed by atoms with E-state index in [1.807, 2.05) is 19.9 Å². The summed E-state index contributed by atoms with van der Waals surface area (Å²) < 4.78 is 41.0. The van der Waals surface area contributed by atoms with E-state index in [2.05, 4.69) is 39.5 Å². The van der Waals surface area contributed by atoms with Crippen molar-refractivity contribution in [3.63, 3.8) is 0 Å². The van der Waals surface area contributed by atoms with Gasteiger partial charge >= 0.3 is 6.18 Å². The molecule has 0 saturated carbocycles. The summed E-state index contributed by atoms with van der Waals surface area (Å²) >= 11 is 0. The van der Waals surface area contributed by atoms with Crippen LogP contribution < -0.4 is 15.8 Å². The van der Waals surface area contributed by atoms with Gasteiger partial charge in [0.1, 0.15) is 5.65 Å². The van der Waals surface area contributed by atoms with E-state index in [9.17, 15) is 18.0 Å². The number of anilines is 1. The number of alkyl halides is 3. The lowest BCUT2D eigenvalue weighted by atomic mass is 10.0. The average molecular weight is 550 g/mol. The Balaban J connectivity index is 1.37. The first-order chi connectivity index (χ1) is 19.2. The van der Waals surface area contributed by atoms with Crippen LogP contribution in [0.15, 0.2) is 71.7 Å². The first-order valence-corrected chi connectivity index (χ1v) is 13.8. The maximum absolute atomic E-state index is 13.2. The molecule has 0 amide bonds. The highest BCUT2D eigenvalue weighted by Gasteiger charge is 2.30. The van der Waals surface area contributed by atoms with Crippen LogP contribution >= 0.6 is 0 Å². The van der Waals surface area contributed by atoms with E-state index < -0.39 is 11.7 Å². The number of halogens is 3. The monoisotopic (exact) mass is 549 g/mol. The molecule has 0 bridgehead atoms. The molecule has 40 heavy (non-hydrogen) atoms. The molecule has 6 nitrogen and oxygen atoms in total. The molecule has 0 atom stereocenters. The van der Waals surface area contributed by atoms with E-state index in [0.717, 1.165) is 51.0 Å². The van der Waals surface area contributed by atoms with Gasteiger partial charge in [-0.2, -0.15) is 18.2 Å². The van der Waals surface area contributed by atoms with Crippen LogP contribution in [0.4, 0.5) is 19.1 Å². The first-order valence-electron chi connectivity index (χ1n) is 13.8. The largest absolute Gasteiger partial charge is 0.416 e. The van der Waals surface area contributed by atoms with Gasteiger partial charge in [-0.05, 0) is 60.5 Å². The van der Waals surface area contributed by atoms with Gasteiger partial charge in [-0.3, -0.25) is 9.36 Å². The predicted molar refractivity (Wildman–Crippen MR) is 152 cm³/mol. The summed E-state index contributed by atoms with van der Waals surface area (Å²) in [6.45, 7) is 7.05. The Hall–Kier alpha value is -3.72. The quantitative estimate of drug-likeness (QED) is 0.295. The third-order valence-corrected chi connectivity index (χ3v) is 7.37.